The molecule has 0 unspecified atom stereocenters. The Balaban J connectivity index is 1.61. The maximum Gasteiger partial charge on any atom is 0.261 e. The lowest BCUT2D eigenvalue weighted by atomic mass is 10.0. The van der Waals surface area contributed by atoms with E-state index in [-0.39, 0.29) is 31.5 Å². The van der Waals surface area contributed by atoms with Crippen LogP contribution in [0.25, 0.3) is 0 Å². The number of rotatable bonds is 10. The summed E-state index contributed by atoms with van der Waals surface area (Å²) in [6, 6.07) is 30.7. The number of amides is 2. The van der Waals surface area contributed by atoms with Gasteiger partial charge in [0.25, 0.3) is 5.91 Å². The van der Waals surface area contributed by atoms with Crippen molar-refractivity contribution in [2.45, 2.75) is 19.1 Å². The van der Waals surface area contributed by atoms with Gasteiger partial charge in [-0.05, 0) is 35.4 Å². The number of benzene rings is 3. The van der Waals surface area contributed by atoms with E-state index in [1.54, 1.807) is 35.4 Å². The van der Waals surface area contributed by atoms with Crippen molar-refractivity contribution in [3.05, 3.63) is 126 Å². The van der Waals surface area contributed by atoms with Gasteiger partial charge in [0.05, 0.1) is 12.8 Å². The van der Waals surface area contributed by atoms with E-state index in [1.165, 1.54) is 0 Å². The highest BCUT2D eigenvalue weighted by atomic mass is 16.5. The second-order valence-electron chi connectivity index (χ2n) is 7.72. The van der Waals surface area contributed by atoms with E-state index in [9.17, 15) is 9.59 Å². The third-order valence-electron chi connectivity index (χ3n) is 5.31. The summed E-state index contributed by atoms with van der Waals surface area (Å²) >= 11 is 0. The monoisotopic (exact) mass is 454 g/mol. The normalized spacial score (nSPS) is 11.4. The van der Waals surface area contributed by atoms with Gasteiger partial charge in [0.15, 0.2) is 6.61 Å². The largest absolute Gasteiger partial charge is 0.484 e. The minimum absolute atomic E-state index is 0.189. The van der Waals surface area contributed by atoms with Crippen molar-refractivity contribution < 1.29 is 18.7 Å². The summed E-state index contributed by atoms with van der Waals surface area (Å²) in [4.78, 5) is 28.5. The van der Waals surface area contributed by atoms with Crippen LogP contribution in [0.3, 0.4) is 0 Å². The minimum atomic E-state index is -0.844. The van der Waals surface area contributed by atoms with Crippen molar-refractivity contribution >= 4 is 11.8 Å². The topological polar surface area (TPSA) is 71.8 Å². The van der Waals surface area contributed by atoms with Gasteiger partial charge in [-0.3, -0.25) is 9.59 Å². The molecule has 0 saturated heterocycles. The summed E-state index contributed by atoms with van der Waals surface area (Å²) in [5.74, 6) is 0.629. The van der Waals surface area contributed by atoms with Gasteiger partial charge in [-0.15, -0.1) is 0 Å². The molecule has 0 saturated carbocycles. The molecule has 1 aromatic heterocycles. The highest BCUT2D eigenvalue weighted by molar-refractivity contribution is 5.89. The van der Waals surface area contributed by atoms with Crippen LogP contribution in [-0.4, -0.2) is 23.3 Å². The number of carbonyl (C=O) groups is 2. The fourth-order valence-corrected chi connectivity index (χ4v) is 3.64. The molecule has 4 rings (SSSR count). The number of nitrogens with one attached hydrogen (secondary N) is 1. The molecule has 34 heavy (non-hydrogen) atoms. The second-order valence-corrected chi connectivity index (χ2v) is 7.72. The molecule has 1 atom stereocenters. The van der Waals surface area contributed by atoms with Crippen LogP contribution in [0.1, 0.15) is 22.9 Å². The molecule has 0 aliphatic heterocycles. The molecule has 4 aromatic rings. The Morgan fingerprint density at radius 2 is 1.47 bits per heavy atom. The summed E-state index contributed by atoms with van der Waals surface area (Å²) in [7, 11) is 0. The number of ether oxygens (including phenoxy) is 1. The van der Waals surface area contributed by atoms with E-state index in [1.807, 2.05) is 78.9 Å². The molecule has 0 aliphatic carbocycles. The quantitative estimate of drug-likeness (QED) is 0.376. The third-order valence-corrected chi connectivity index (χ3v) is 5.31. The Morgan fingerprint density at radius 1 is 0.824 bits per heavy atom. The molecule has 2 amide bonds. The maximum atomic E-state index is 13.5. The number of carbonyl (C=O) groups excluding carboxylic acids is 2. The van der Waals surface area contributed by atoms with Crippen LogP contribution >= 0.6 is 0 Å². The highest BCUT2D eigenvalue weighted by Crippen LogP contribution is 2.24. The van der Waals surface area contributed by atoms with Crippen LogP contribution in [0, 0.1) is 0 Å². The van der Waals surface area contributed by atoms with E-state index in [2.05, 4.69) is 5.32 Å². The second kappa shape index (κ2) is 11.5. The van der Waals surface area contributed by atoms with Crippen LogP contribution in [0.4, 0.5) is 0 Å². The van der Waals surface area contributed by atoms with Crippen molar-refractivity contribution in [3.8, 4) is 5.75 Å². The molecule has 172 valence electrons. The Morgan fingerprint density at radius 3 is 2.12 bits per heavy atom. The van der Waals surface area contributed by atoms with Crippen LogP contribution in [-0.2, 0) is 22.7 Å². The van der Waals surface area contributed by atoms with Gasteiger partial charge >= 0.3 is 0 Å². The van der Waals surface area contributed by atoms with Gasteiger partial charge in [0.1, 0.15) is 17.6 Å². The van der Waals surface area contributed by atoms with Crippen molar-refractivity contribution in [1.29, 1.82) is 0 Å². The van der Waals surface area contributed by atoms with E-state index < -0.39 is 6.04 Å². The van der Waals surface area contributed by atoms with E-state index in [0.717, 1.165) is 5.56 Å². The molecule has 0 aliphatic rings. The number of nitrogens with zero attached hydrogens (tertiary/aromatic N) is 1. The molecule has 6 heteroatoms. The average Bonchev–Trinajstić information content (AvgIpc) is 3.41. The number of hydrogen-bond acceptors (Lipinski definition) is 4. The SMILES string of the molecule is O=C(NCc1ccco1)[C@@H](c1ccccc1)N(Cc1ccccc1)C(=O)COc1ccccc1. The van der Waals surface area contributed by atoms with E-state index in [4.69, 9.17) is 9.15 Å². The van der Waals surface area contributed by atoms with Crippen LogP contribution in [0.5, 0.6) is 5.75 Å². The number of furan rings is 1. The van der Waals surface area contributed by atoms with Crippen LogP contribution in [0.2, 0.25) is 0 Å². The van der Waals surface area contributed by atoms with Crippen molar-refractivity contribution in [3.63, 3.8) is 0 Å². The van der Waals surface area contributed by atoms with Crippen molar-refractivity contribution in [1.82, 2.24) is 10.2 Å². The van der Waals surface area contributed by atoms with Gasteiger partial charge in [0, 0.05) is 6.54 Å². The van der Waals surface area contributed by atoms with E-state index in [0.29, 0.717) is 17.1 Å². The van der Waals surface area contributed by atoms with Gasteiger partial charge in [-0.2, -0.15) is 0 Å². The third kappa shape index (κ3) is 6.13. The molecule has 0 spiro atoms. The number of hydrogen-bond donors (Lipinski definition) is 1. The first-order valence-corrected chi connectivity index (χ1v) is 11.1. The lowest BCUT2D eigenvalue weighted by molar-refractivity contribution is -0.143. The van der Waals surface area contributed by atoms with Gasteiger partial charge < -0.3 is 19.4 Å². The predicted molar refractivity (Wildman–Crippen MR) is 129 cm³/mol. The first-order chi connectivity index (χ1) is 16.7. The lowest BCUT2D eigenvalue weighted by Gasteiger charge is -2.31. The maximum absolute atomic E-state index is 13.5. The van der Waals surface area contributed by atoms with Gasteiger partial charge in [-0.25, -0.2) is 0 Å². The Hall–Kier alpha value is -4.32. The zero-order valence-electron chi connectivity index (χ0n) is 18.7. The number of para-hydroxylation sites is 1. The Kier molecular flexibility index (Phi) is 7.74. The van der Waals surface area contributed by atoms with E-state index >= 15 is 0 Å². The summed E-state index contributed by atoms with van der Waals surface area (Å²) in [6.07, 6.45) is 1.56. The van der Waals surface area contributed by atoms with Crippen molar-refractivity contribution in [2.24, 2.45) is 0 Å². The molecule has 0 radical (unpaired) electrons. The molecular weight excluding hydrogens is 428 g/mol. The van der Waals surface area contributed by atoms with Crippen LogP contribution in [0.15, 0.2) is 114 Å². The zero-order valence-corrected chi connectivity index (χ0v) is 18.7. The summed E-state index contributed by atoms with van der Waals surface area (Å²) in [6.45, 7) is 0.292. The molecule has 1 heterocycles. The lowest BCUT2D eigenvalue weighted by Crippen LogP contribution is -2.45. The van der Waals surface area contributed by atoms with Crippen LogP contribution < -0.4 is 10.1 Å². The molecular formula is C28H26N2O4. The Labute approximate surface area is 198 Å². The molecule has 6 nitrogen and oxygen atoms in total. The first kappa shape index (κ1) is 22.9. The minimum Gasteiger partial charge on any atom is -0.484 e. The zero-order chi connectivity index (χ0) is 23.6. The fourth-order valence-electron chi connectivity index (χ4n) is 3.64. The predicted octanol–water partition coefficient (Wildman–Crippen LogP) is 4.74. The molecule has 0 fully saturated rings. The average molecular weight is 455 g/mol. The highest BCUT2D eigenvalue weighted by Gasteiger charge is 2.31. The summed E-state index contributed by atoms with van der Waals surface area (Å²) < 4.78 is 11.1. The van der Waals surface area contributed by atoms with Gasteiger partial charge in [0.2, 0.25) is 5.91 Å². The smallest absolute Gasteiger partial charge is 0.261 e. The molecule has 3 aromatic carbocycles. The Bertz CT molecular complexity index is 1160. The molecule has 0 bridgehead atoms. The summed E-state index contributed by atoms with van der Waals surface area (Å²) in [5, 5.41) is 2.91. The fraction of sp³-hybridized carbons (Fsp3) is 0.143. The van der Waals surface area contributed by atoms with Gasteiger partial charge in [-0.1, -0.05) is 78.9 Å². The van der Waals surface area contributed by atoms with Crippen molar-refractivity contribution in [2.75, 3.05) is 6.61 Å². The first-order valence-electron chi connectivity index (χ1n) is 11.1. The summed E-state index contributed by atoms with van der Waals surface area (Å²) in [5.41, 5.74) is 1.62. The standard InChI is InChI=1S/C28H26N2O4/c31-26(21-34-24-15-8-3-9-16-24)30(20-22-11-4-1-5-12-22)27(23-13-6-2-7-14-23)28(32)29-19-25-17-10-18-33-25/h1-18,27H,19-21H2,(H,29,32)/t27-/m1/s1. The molecule has 1 N–H and O–H groups in total.